The molecule has 0 radical (unpaired) electrons. The maximum absolute atomic E-state index is 11.7. The van der Waals surface area contributed by atoms with E-state index in [2.05, 4.69) is 10.3 Å². The monoisotopic (exact) mass is 238 g/mol. The van der Waals surface area contributed by atoms with E-state index >= 15 is 0 Å². The first-order valence-electron chi connectivity index (χ1n) is 5.55. The molecule has 0 aliphatic heterocycles. The molecule has 0 fully saturated rings. The lowest BCUT2D eigenvalue weighted by Gasteiger charge is -2.16. The highest BCUT2D eigenvalue weighted by Crippen LogP contribution is 1.97. The molecule has 0 saturated carbocycles. The first kappa shape index (κ1) is 13.6. The van der Waals surface area contributed by atoms with Crippen molar-refractivity contribution in [2.24, 2.45) is 0 Å². The number of nitrogens with zero attached hydrogens (tertiary/aromatic N) is 1. The van der Waals surface area contributed by atoms with Crippen LogP contribution >= 0.6 is 0 Å². The van der Waals surface area contributed by atoms with E-state index in [1.165, 1.54) is 0 Å². The topological polar surface area (TPSA) is 71.5 Å². The Labute approximate surface area is 101 Å². The van der Waals surface area contributed by atoms with E-state index in [1.807, 2.05) is 6.07 Å². The van der Waals surface area contributed by atoms with Gasteiger partial charge in [-0.05, 0) is 18.6 Å². The van der Waals surface area contributed by atoms with Gasteiger partial charge in [0.15, 0.2) is 0 Å². The van der Waals surface area contributed by atoms with E-state index in [4.69, 9.17) is 9.84 Å². The molecule has 0 aliphatic rings. The van der Waals surface area contributed by atoms with E-state index in [-0.39, 0.29) is 25.0 Å². The summed E-state index contributed by atoms with van der Waals surface area (Å²) in [5.74, 6) is -0.112. The Balaban J connectivity index is 2.42. The van der Waals surface area contributed by atoms with Gasteiger partial charge < -0.3 is 15.2 Å². The molecule has 0 bridgehead atoms. The maximum atomic E-state index is 11.7. The molecular weight excluding hydrogens is 220 g/mol. The smallest absolute Gasteiger partial charge is 0.226 e. The molecule has 1 heterocycles. The van der Waals surface area contributed by atoms with Crippen LogP contribution in [0.3, 0.4) is 0 Å². The van der Waals surface area contributed by atoms with Crippen molar-refractivity contribution in [2.45, 2.75) is 18.9 Å². The predicted molar refractivity (Wildman–Crippen MR) is 63.5 cm³/mol. The number of methoxy groups -OCH3 is 1. The number of carbonyl (C=O) groups is 1. The standard InChI is InChI=1S/C12H18N2O3/c1-17-9-11(5-7-15)14-12(16)8-10-4-2-3-6-13-10/h2-4,6,11,15H,5,7-9H2,1H3,(H,14,16). The molecule has 5 heteroatoms. The van der Waals surface area contributed by atoms with Crippen LogP contribution in [0.4, 0.5) is 0 Å². The van der Waals surface area contributed by atoms with Crippen molar-refractivity contribution in [1.82, 2.24) is 10.3 Å². The Hall–Kier alpha value is -1.46. The zero-order chi connectivity index (χ0) is 12.5. The Kier molecular flexibility index (Phi) is 6.21. The van der Waals surface area contributed by atoms with Gasteiger partial charge in [0.2, 0.25) is 5.91 Å². The number of aromatic nitrogens is 1. The highest BCUT2D eigenvalue weighted by molar-refractivity contribution is 5.78. The summed E-state index contributed by atoms with van der Waals surface area (Å²) >= 11 is 0. The molecule has 0 spiro atoms. The van der Waals surface area contributed by atoms with Crippen molar-refractivity contribution < 1.29 is 14.6 Å². The van der Waals surface area contributed by atoms with Gasteiger partial charge in [-0.15, -0.1) is 0 Å². The number of aliphatic hydroxyl groups is 1. The lowest BCUT2D eigenvalue weighted by Crippen LogP contribution is -2.39. The van der Waals surface area contributed by atoms with Crippen LogP contribution in [0.25, 0.3) is 0 Å². The van der Waals surface area contributed by atoms with Gasteiger partial charge in [-0.3, -0.25) is 9.78 Å². The molecule has 1 atom stereocenters. The second-order valence-corrected chi connectivity index (χ2v) is 3.73. The number of rotatable bonds is 7. The molecule has 0 saturated heterocycles. The quantitative estimate of drug-likeness (QED) is 0.708. The molecule has 0 aliphatic carbocycles. The summed E-state index contributed by atoms with van der Waals surface area (Å²) < 4.78 is 4.97. The third-order valence-electron chi connectivity index (χ3n) is 2.28. The third kappa shape index (κ3) is 5.42. The number of nitrogens with one attached hydrogen (secondary N) is 1. The van der Waals surface area contributed by atoms with Gasteiger partial charge >= 0.3 is 0 Å². The summed E-state index contributed by atoms with van der Waals surface area (Å²) in [6, 6.07) is 5.30. The number of ether oxygens (including phenoxy) is 1. The molecule has 0 aromatic carbocycles. The zero-order valence-electron chi connectivity index (χ0n) is 9.93. The molecule has 1 unspecified atom stereocenters. The molecule has 17 heavy (non-hydrogen) atoms. The summed E-state index contributed by atoms with van der Waals surface area (Å²) in [6.45, 7) is 0.423. The Morgan fingerprint density at radius 3 is 3.00 bits per heavy atom. The van der Waals surface area contributed by atoms with Gasteiger partial charge in [0.1, 0.15) is 0 Å². The fourth-order valence-corrected chi connectivity index (χ4v) is 1.50. The van der Waals surface area contributed by atoms with Crippen LogP contribution in [-0.4, -0.2) is 42.4 Å². The lowest BCUT2D eigenvalue weighted by molar-refractivity contribution is -0.121. The summed E-state index contributed by atoms with van der Waals surface area (Å²) in [6.07, 6.45) is 2.39. The summed E-state index contributed by atoms with van der Waals surface area (Å²) in [5.41, 5.74) is 0.727. The van der Waals surface area contributed by atoms with Crippen LogP contribution in [0.5, 0.6) is 0 Å². The normalized spacial score (nSPS) is 12.1. The van der Waals surface area contributed by atoms with Crippen molar-refractivity contribution in [3.05, 3.63) is 30.1 Å². The lowest BCUT2D eigenvalue weighted by atomic mass is 10.2. The highest BCUT2D eigenvalue weighted by atomic mass is 16.5. The molecule has 1 aromatic heterocycles. The molecule has 5 nitrogen and oxygen atoms in total. The van der Waals surface area contributed by atoms with Gasteiger partial charge in [-0.25, -0.2) is 0 Å². The Morgan fingerprint density at radius 2 is 2.41 bits per heavy atom. The molecule has 94 valence electrons. The molecule has 1 amide bonds. The van der Waals surface area contributed by atoms with Crippen LogP contribution in [0.15, 0.2) is 24.4 Å². The van der Waals surface area contributed by atoms with E-state index in [9.17, 15) is 4.79 Å². The number of amides is 1. The fourth-order valence-electron chi connectivity index (χ4n) is 1.50. The van der Waals surface area contributed by atoms with Gasteiger partial charge in [0, 0.05) is 25.6 Å². The molecule has 2 N–H and O–H groups in total. The summed E-state index contributed by atoms with van der Waals surface area (Å²) in [4.78, 5) is 15.8. The number of aliphatic hydroxyl groups excluding tert-OH is 1. The van der Waals surface area contributed by atoms with Gasteiger partial charge in [0.25, 0.3) is 0 Å². The summed E-state index contributed by atoms with van der Waals surface area (Å²) in [5, 5.41) is 11.7. The number of carbonyl (C=O) groups excluding carboxylic acids is 1. The van der Waals surface area contributed by atoms with Crippen molar-refractivity contribution in [3.63, 3.8) is 0 Å². The second-order valence-electron chi connectivity index (χ2n) is 3.73. The van der Waals surface area contributed by atoms with Crippen molar-refractivity contribution in [2.75, 3.05) is 20.3 Å². The average Bonchev–Trinajstić information content (AvgIpc) is 2.30. The van der Waals surface area contributed by atoms with E-state index in [1.54, 1.807) is 25.4 Å². The van der Waals surface area contributed by atoms with Gasteiger partial charge in [0.05, 0.1) is 19.1 Å². The van der Waals surface area contributed by atoms with Crippen LogP contribution in [0, 0.1) is 0 Å². The van der Waals surface area contributed by atoms with E-state index < -0.39 is 0 Å². The molecule has 1 rings (SSSR count). The minimum absolute atomic E-state index is 0.0257. The Bertz CT molecular complexity index is 324. The van der Waals surface area contributed by atoms with Crippen LogP contribution in [0.1, 0.15) is 12.1 Å². The third-order valence-corrected chi connectivity index (χ3v) is 2.28. The van der Waals surface area contributed by atoms with Crippen molar-refractivity contribution in [1.29, 1.82) is 0 Å². The van der Waals surface area contributed by atoms with Crippen LogP contribution in [0.2, 0.25) is 0 Å². The van der Waals surface area contributed by atoms with Crippen LogP contribution < -0.4 is 5.32 Å². The number of pyridine rings is 1. The molecular formula is C12H18N2O3. The van der Waals surface area contributed by atoms with Crippen LogP contribution in [-0.2, 0) is 16.0 Å². The number of hydrogen-bond donors (Lipinski definition) is 2. The van der Waals surface area contributed by atoms with E-state index in [0.29, 0.717) is 13.0 Å². The van der Waals surface area contributed by atoms with E-state index in [0.717, 1.165) is 5.69 Å². The Morgan fingerprint density at radius 1 is 1.59 bits per heavy atom. The first-order valence-corrected chi connectivity index (χ1v) is 5.55. The van der Waals surface area contributed by atoms with Crippen molar-refractivity contribution in [3.8, 4) is 0 Å². The molecule has 1 aromatic rings. The minimum Gasteiger partial charge on any atom is -0.396 e. The SMILES string of the molecule is COCC(CCO)NC(=O)Cc1ccccn1. The predicted octanol–water partition coefficient (Wildman–Crippen LogP) is 0.138. The van der Waals surface area contributed by atoms with Crippen molar-refractivity contribution >= 4 is 5.91 Å². The fraction of sp³-hybridized carbons (Fsp3) is 0.500. The number of hydrogen-bond acceptors (Lipinski definition) is 4. The minimum atomic E-state index is -0.152. The average molecular weight is 238 g/mol. The maximum Gasteiger partial charge on any atom is 0.226 e. The summed E-state index contributed by atoms with van der Waals surface area (Å²) in [7, 11) is 1.56. The highest BCUT2D eigenvalue weighted by Gasteiger charge is 2.12. The van der Waals surface area contributed by atoms with Gasteiger partial charge in [-0.2, -0.15) is 0 Å². The second kappa shape index (κ2) is 7.76. The zero-order valence-corrected chi connectivity index (χ0v) is 9.93. The van der Waals surface area contributed by atoms with Gasteiger partial charge in [-0.1, -0.05) is 6.07 Å². The largest absolute Gasteiger partial charge is 0.396 e. The first-order chi connectivity index (χ1) is 8.26.